The van der Waals surface area contributed by atoms with Gasteiger partial charge in [-0.05, 0) is 32.3 Å². The fourth-order valence-corrected chi connectivity index (χ4v) is 4.10. The summed E-state index contributed by atoms with van der Waals surface area (Å²) in [5, 5.41) is 12.9. The van der Waals surface area contributed by atoms with Crippen LogP contribution in [0.25, 0.3) is 0 Å². The minimum atomic E-state index is -0.176. The number of para-hydroxylation sites is 1. The monoisotopic (exact) mass is 426 g/mol. The molecule has 2 aromatic heterocycles. The second-order valence-corrected chi connectivity index (χ2v) is 8.28. The van der Waals surface area contributed by atoms with Crippen molar-refractivity contribution < 1.29 is 9.53 Å². The predicted molar refractivity (Wildman–Crippen MR) is 116 cm³/mol. The van der Waals surface area contributed by atoms with Crippen molar-refractivity contribution in [2.75, 3.05) is 18.5 Å². The summed E-state index contributed by atoms with van der Waals surface area (Å²) in [5.41, 5.74) is 0.980. The summed E-state index contributed by atoms with van der Waals surface area (Å²) >= 11 is 1.47. The van der Waals surface area contributed by atoms with Crippen LogP contribution in [0.4, 0.5) is 9.93 Å². The first-order valence-corrected chi connectivity index (χ1v) is 11.1. The minimum absolute atomic E-state index is 0.176. The second-order valence-electron chi connectivity index (χ2n) is 7.27. The Morgan fingerprint density at radius 2 is 2.20 bits per heavy atom. The van der Waals surface area contributed by atoms with Crippen LogP contribution in [0.2, 0.25) is 0 Å². The maximum atomic E-state index is 13.1. The number of nitrogens with zero attached hydrogens (tertiary/aromatic N) is 5. The van der Waals surface area contributed by atoms with Crippen molar-refractivity contribution in [1.29, 1.82) is 0 Å². The molecule has 0 saturated heterocycles. The molecule has 1 aromatic carbocycles. The lowest BCUT2D eigenvalue weighted by Crippen LogP contribution is -2.35. The molecule has 2 heterocycles. The van der Waals surface area contributed by atoms with Gasteiger partial charge in [0.1, 0.15) is 10.8 Å². The summed E-state index contributed by atoms with van der Waals surface area (Å²) in [6.45, 7) is 4.39. The van der Waals surface area contributed by atoms with E-state index in [-0.39, 0.29) is 6.03 Å². The molecule has 4 rings (SSSR count). The normalized spacial score (nSPS) is 13.2. The SMILES string of the molecule is CCOc1ccccc1CN(CCCn1ccnc1)C(=O)Nc1nnc(C2CC2)s1. The molecule has 30 heavy (non-hydrogen) atoms. The van der Waals surface area contributed by atoms with Gasteiger partial charge in [-0.1, -0.05) is 29.5 Å². The minimum Gasteiger partial charge on any atom is -0.494 e. The Balaban J connectivity index is 1.44. The van der Waals surface area contributed by atoms with Crippen LogP contribution in [0, 0.1) is 0 Å². The summed E-state index contributed by atoms with van der Waals surface area (Å²) < 4.78 is 7.76. The average Bonchev–Trinajstić information content (AvgIpc) is 3.27. The first-order valence-electron chi connectivity index (χ1n) is 10.3. The van der Waals surface area contributed by atoms with Gasteiger partial charge in [-0.15, -0.1) is 10.2 Å². The number of aryl methyl sites for hydroxylation is 1. The molecule has 1 aliphatic rings. The summed E-state index contributed by atoms with van der Waals surface area (Å²) in [7, 11) is 0. The molecular formula is C21H26N6O2S. The van der Waals surface area contributed by atoms with Crippen molar-refractivity contribution in [3.63, 3.8) is 0 Å². The summed E-state index contributed by atoms with van der Waals surface area (Å²) in [4.78, 5) is 18.9. The smallest absolute Gasteiger partial charge is 0.323 e. The summed E-state index contributed by atoms with van der Waals surface area (Å²) in [6.07, 6.45) is 8.61. The number of carbonyl (C=O) groups excluding carboxylic acids is 1. The van der Waals surface area contributed by atoms with Gasteiger partial charge in [-0.3, -0.25) is 5.32 Å². The molecule has 158 valence electrons. The molecule has 3 aromatic rings. The standard InChI is InChI=1S/C21H26N6O2S/c1-2-29-18-7-4-3-6-17(18)14-27(12-5-11-26-13-10-22-15-26)21(28)23-20-25-24-19(30-20)16-8-9-16/h3-4,6-7,10,13,15-16H,2,5,8-9,11-12,14H2,1H3,(H,23,25,28). The van der Waals surface area contributed by atoms with Crippen molar-refractivity contribution in [3.05, 3.63) is 53.6 Å². The fourth-order valence-electron chi connectivity index (χ4n) is 3.20. The van der Waals surface area contributed by atoms with Gasteiger partial charge in [0.15, 0.2) is 0 Å². The summed E-state index contributed by atoms with van der Waals surface area (Å²) in [5.74, 6) is 1.33. The number of ether oxygens (including phenoxy) is 1. The highest BCUT2D eigenvalue weighted by Crippen LogP contribution is 2.42. The summed E-state index contributed by atoms with van der Waals surface area (Å²) in [6, 6.07) is 7.67. The third kappa shape index (κ3) is 5.35. The van der Waals surface area contributed by atoms with Crippen LogP contribution < -0.4 is 10.1 Å². The molecule has 0 atom stereocenters. The number of anilines is 1. The number of hydrogen-bond donors (Lipinski definition) is 1. The van der Waals surface area contributed by atoms with Gasteiger partial charge in [0.25, 0.3) is 0 Å². The quantitative estimate of drug-likeness (QED) is 0.527. The molecule has 1 aliphatic carbocycles. The van der Waals surface area contributed by atoms with E-state index in [0.717, 1.165) is 42.1 Å². The van der Waals surface area contributed by atoms with Crippen LogP contribution in [0.1, 0.15) is 42.7 Å². The Morgan fingerprint density at radius 1 is 1.33 bits per heavy atom. The lowest BCUT2D eigenvalue weighted by molar-refractivity contribution is 0.206. The Bertz CT molecular complexity index is 954. The van der Waals surface area contributed by atoms with Crippen LogP contribution in [0.3, 0.4) is 0 Å². The first-order chi connectivity index (χ1) is 14.7. The van der Waals surface area contributed by atoms with E-state index in [9.17, 15) is 4.79 Å². The number of nitrogens with one attached hydrogen (secondary N) is 1. The molecule has 1 saturated carbocycles. The largest absolute Gasteiger partial charge is 0.494 e. The number of carbonyl (C=O) groups is 1. The highest BCUT2D eigenvalue weighted by atomic mass is 32.1. The van der Waals surface area contributed by atoms with Gasteiger partial charge < -0.3 is 14.2 Å². The number of rotatable bonds is 10. The third-order valence-corrected chi connectivity index (χ3v) is 5.91. The van der Waals surface area contributed by atoms with Gasteiger partial charge in [0, 0.05) is 37.0 Å². The molecule has 0 aliphatic heterocycles. The van der Waals surface area contributed by atoms with Crippen LogP contribution in [-0.2, 0) is 13.1 Å². The third-order valence-electron chi connectivity index (χ3n) is 4.91. The van der Waals surface area contributed by atoms with Gasteiger partial charge in [-0.2, -0.15) is 0 Å². The van der Waals surface area contributed by atoms with Gasteiger partial charge in [-0.25, -0.2) is 9.78 Å². The lowest BCUT2D eigenvalue weighted by Gasteiger charge is -2.24. The van der Waals surface area contributed by atoms with E-state index in [2.05, 4.69) is 20.5 Å². The zero-order chi connectivity index (χ0) is 20.8. The Morgan fingerprint density at radius 3 is 2.97 bits per heavy atom. The van der Waals surface area contributed by atoms with Gasteiger partial charge >= 0.3 is 6.03 Å². The van der Waals surface area contributed by atoms with E-state index in [4.69, 9.17) is 4.74 Å². The topological polar surface area (TPSA) is 85.2 Å². The van der Waals surface area contributed by atoms with E-state index in [1.807, 2.05) is 42.0 Å². The van der Waals surface area contributed by atoms with Crippen LogP contribution in [0.5, 0.6) is 5.75 Å². The zero-order valence-corrected chi connectivity index (χ0v) is 17.8. The lowest BCUT2D eigenvalue weighted by atomic mass is 10.2. The molecule has 8 nitrogen and oxygen atoms in total. The fraction of sp³-hybridized carbons (Fsp3) is 0.429. The number of amides is 2. The van der Waals surface area contributed by atoms with E-state index in [1.165, 1.54) is 11.3 Å². The second kappa shape index (κ2) is 9.71. The van der Waals surface area contributed by atoms with E-state index in [0.29, 0.717) is 30.7 Å². The van der Waals surface area contributed by atoms with E-state index in [1.54, 1.807) is 17.4 Å². The van der Waals surface area contributed by atoms with E-state index < -0.39 is 0 Å². The van der Waals surface area contributed by atoms with Crippen LogP contribution in [0.15, 0.2) is 43.0 Å². The average molecular weight is 427 g/mol. The molecule has 9 heteroatoms. The first kappa shape index (κ1) is 20.3. The highest BCUT2D eigenvalue weighted by molar-refractivity contribution is 7.15. The molecule has 1 fully saturated rings. The van der Waals surface area contributed by atoms with Crippen molar-refractivity contribution in [3.8, 4) is 5.75 Å². The molecule has 1 N–H and O–H groups in total. The number of benzene rings is 1. The molecule has 2 amide bonds. The van der Waals surface area contributed by atoms with Crippen LogP contribution >= 0.6 is 11.3 Å². The molecule has 0 spiro atoms. The molecule has 0 unspecified atom stereocenters. The van der Waals surface area contributed by atoms with Crippen molar-refractivity contribution in [2.45, 2.75) is 45.2 Å². The molecular weight excluding hydrogens is 400 g/mol. The maximum absolute atomic E-state index is 13.1. The van der Waals surface area contributed by atoms with Crippen molar-refractivity contribution in [2.24, 2.45) is 0 Å². The number of aromatic nitrogens is 4. The zero-order valence-electron chi connectivity index (χ0n) is 17.0. The molecule has 0 bridgehead atoms. The predicted octanol–water partition coefficient (Wildman–Crippen LogP) is 4.14. The number of hydrogen-bond acceptors (Lipinski definition) is 6. The van der Waals surface area contributed by atoms with Crippen LogP contribution in [-0.4, -0.2) is 43.8 Å². The molecule has 0 radical (unpaired) electrons. The van der Waals surface area contributed by atoms with Gasteiger partial charge in [0.2, 0.25) is 5.13 Å². The maximum Gasteiger partial charge on any atom is 0.323 e. The van der Waals surface area contributed by atoms with Gasteiger partial charge in [0.05, 0.1) is 19.5 Å². The van der Waals surface area contributed by atoms with Crippen molar-refractivity contribution >= 4 is 22.5 Å². The van der Waals surface area contributed by atoms with E-state index >= 15 is 0 Å². The van der Waals surface area contributed by atoms with Crippen molar-refractivity contribution in [1.82, 2.24) is 24.6 Å². The highest BCUT2D eigenvalue weighted by Gasteiger charge is 2.28. The Kier molecular flexibility index (Phi) is 6.58. The Hall–Kier alpha value is -2.94. The number of urea groups is 1. The number of imidazole rings is 1. The Labute approximate surface area is 179 Å².